The van der Waals surface area contributed by atoms with E-state index in [1.54, 1.807) is 45.2 Å². The van der Waals surface area contributed by atoms with Crippen LogP contribution in [0.15, 0.2) is 41.6 Å². The monoisotopic (exact) mass is 432 g/mol. The zero-order valence-corrected chi connectivity index (χ0v) is 17.4. The van der Waals surface area contributed by atoms with E-state index in [0.29, 0.717) is 11.3 Å². The van der Waals surface area contributed by atoms with Crippen LogP contribution in [0.2, 0.25) is 5.15 Å². The normalized spacial score (nSPS) is 16.0. The Morgan fingerprint density at radius 2 is 1.90 bits per heavy atom. The zero-order valence-electron chi connectivity index (χ0n) is 16.7. The third-order valence-corrected chi connectivity index (χ3v) is 4.92. The summed E-state index contributed by atoms with van der Waals surface area (Å²) in [5.74, 6) is -1.34. The van der Waals surface area contributed by atoms with Crippen LogP contribution in [-0.2, 0) is 21.3 Å². The smallest absolute Gasteiger partial charge is 0.343 e. The number of aryl methyl sites for hydroxylation is 2. The number of ether oxygens (including phenoxy) is 2. The summed E-state index contributed by atoms with van der Waals surface area (Å²) in [5.41, 5.74) is 1.51. The first-order chi connectivity index (χ1) is 14.3. The van der Waals surface area contributed by atoms with Gasteiger partial charge in [-0.3, -0.25) is 4.68 Å². The molecule has 1 aromatic carbocycles. The first kappa shape index (κ1) is 21.4. The van der Waals surface area contributed by atoms with E-state index in [1.807, 2.05) is 6.07 Å². The van der Waals surface area contributed by atoms with Gasteiger partial charge in [0.2, 0.25) is 0 Å². The van der Waals surface area contributed by atoms with Crippen LogP contribution in [0.4, 0.5) is 4.79 Å². The summed E-state index contributed by atoms with van der Waals surface area (Å²) in [4.78, 5) is 37.5. The third kappa shape index (κ3) is 4.30. The summed E-state index contributed by atoms with van der Waals surface area (Å²) in [5, 5.41) is 9.46. The molecular formula is C20H21ClN4O5. The summed E-state index contributed by atoms with van der Waals surface area (Å²) >= 11 is 6.11. The molecule has 1 aliphatic heterocycles. The lowest BCUT2D eigenvalue weighted by Crippen LogP contribution is -2.47. The minimum absolute atomic E-state index is 0.123. The molecule has 0 saturated heterocycles. The largest absolute Gasteiger partial charge is 0.463 e. The van der Waals surface area contributed by atoms with Crippen molar-refractivity contribution in [1.29, 1.82) is 0 Å². The van der Waals surface area contributed by atoms with E-state index in [2.05, 4.69) is 15.7 Å². The fourth-order valence-electron chi connectivity index (χ4n) is 3.15. The molecule has 0 spiro atoms. The van der Waals surface area contributed by atoms with E-state index in [-0.39, 0.29) is 35.2 Å². The summed E-state index contributed by atoms with van der Waals surface area (Å²) in [6.45, 7) is 3.10. The number of rotatable bonds is 6. The van der Waals surface area contributed by atoms with Gasteiger partial charge >= 0.3 is 18.0 Å². The summed E-state index contributed by atoms with van der Waals surface area (Å²) in [7, 11) is 1.60. The number of nitrogens with zero attached hydrogens (tertiary/aromatic N) is 2. The van der Waals surface area contributed by atoms with Gasteiger partial charge in [0, 0.05) is 7.05 Å². The van der Waals surface area contributed by atoms with Crippen molar-refractivity contribution in [1.82, 2.24) is 20.4 Å². The molecule has 158 valence electrons. The van der Waals surface area contributed by atoms with Gasteiger partial charge in [-0.1, -0.05) is 41.9 Å². The van der Waals surface area contributed by atoms with Crippen LogP contribution in [-0.4, -0.2) is 41.0 Å². The molecule has 1 unspecified atom stereocenters. The van der Waals surface area contributed by atoms with Crippen molar-refractivity contribution in [3.05, 3.63) is 63.6 Å². The van der Waals surface area contributed by atoms with Crippen LogP contribution >= 0.6 is 11.6 Å². The SMILES string of the molecule is CCOC(=O)C1=C(COC(=O)c2c(C)nn(C)c2Cl)NC(=O)NC1c1ccccc1. The van der Waals surface area contributed by atoms with Crippen LogP contribution in [0, 0.1) is 6.92 Å². The molecule has 2 aromatic rings. The Kier molecular flexibility index (Phi) is 6.41. The van der Waals surface area contributed by atoms with Crippen LogP contribution in [0.25, 0.3) is 0 Å². The number of esters is 2. The van der Waals surface area contributed by atoms with Crippen LogP contribution in [0.5, 0.6) is 0 Å². The predicted molar refractivity (Wildman–Crippen MR) is 108 cm³/mol. The average Bonchev–Trinajstić information content (AvgIpc) is 2.98. The number of carbonyl (C=O) groups excluding carboxylic acids is 3. The summed E-state index contributed by atoms with van der Waals surface area (Å²) in [6, 6.07) is 7.67. The lowest BCUT2D eigenvalue weighted by molar-refractivity contribution is -0.139. The second-order valence-corrected chi connectivity index (χ2v) is 6.86. The maximum atomic E-state index is 12.7. The van der Waals surface area contributed by atoms with E-state index in [4.69, 9.17) is 21.1 Å². The average molecular weight is 433 g/mol. The van der Waals surface area contributed by atoms with E-state index >= 15 is 0 Å². The molecule has 0 saturated carbocycles. The molecule has 9 nitrogen and oxygen atoms in total. The molecule has 3 rings (SSSR count). The Labute approximate surface area is 178 Å². The molecular weight excluding hydrogens is 412 g/mol. The number of benzene rings is 1. The first-order valence-electron chi connectivity index (χ1n) is 9.22. The number of aromatic nitrogens is 2. The van der Waals surface area contributed by atoms with Crippen LogP contribution in [0.1, 0.15) is 34.6 Å². The molecule has 2 heterocycles. The predicted octanol–water partition coefficient (Wildman–Crippen LogP) is 2.41. The maximum absolute atomic E-state index is 12.7. The highest BCUT2D eigenvalue weighted by molar-refractivity contribution is 6.32. The molecule has 0 aliphatic carbocycles. The standard InChI is InChI=1S/C20H21ClN4O5/c1-4-29-19(27)15-13(10-30-18(26)14-11(2)24-25(3)17(14)21)22-20(28)23-16(15)12-8-6-5-7-9-12/h5-9,16H,4,10H2,1-3H3,(H2,22,23,28). The first-order valence-corrected chi connectivity index (χ1v) is 9.60. The van der Waals surface area contributed by atoms with Crippen molar-refractivity contribution in [3.63, 3.8) is 0 Å². The maximum Gasteiger partial charge on any atom is 0.343 e. The van der Waals surface area contributed by atoms with Gasteiger partial charge in [-0.2, -0.15) is 5.10 Å². The molecule has 1 atom stereocenters. The van der Waals surface area contributed by atoms with Gasteiger partial charge in [-0.05, 0) is 19.4 Å². The number of nitrogens with one attached hydrogen (secondary N) is 2. The van der Waals surface area contributed by atoms with Crippen molar-refractivity contribution in [3.8, 4) is 0 Å². The van der Waals surface area contributed by atoms with Crippen molar-refractivity contribution in [2.24, 2.45) is 7.05 Å². The summed E-state index contributed by atoms with van der Waals surface area (Å²) < 4.78 is 11.9. The van der Waals surface area contributed by atoms with Crippen molar-refractivity contribution in [2.45, 2.75) is 19.9 Å². The highest BCUT2D eigenvalue weighted by Crippen LogP contribution is 2.28. The molecule has 1 aliphatic rings. The second kappa shape index (κ2) is 9.00. The Morgan fingerprint density at radius 1 is 1.20 bits per heavy atom. The Morgan fingerprint density at radius 3 is 2.50 bits per heavy atom. The van der Waals surface area contributed by atoms with Gasteiger partial charge in [0.15, 0.2) is 0 Å². The lowest BCUT2D eigenvalue weighted by Gasteiger charge is -2.29. The van der Waals surface area contributed by atoms with Crippen LogP contribution in [0.3, 0.4) is 0 Å². The Balaban J connectivity index is 1.94. The molecule has 2 amide bonds. The van der Waals surface area contributed by atoms with Gasteiger partial charge in [-0.15, -0.1) is 0 Å². The molecule has 30 heavy (non-hydrogen) atoms. The molecule has 0 radical (unpaired) electrons. The van der Waals surface area contributed by atoms with E-state index in [1.165, 1.54) is 4.68 Å². The van der Waals surface area contributed by atoms with E-state index in [0.717, 1.165) is 0 Å². The Bertz CT molecular complexity index is 1020. The van der Waals surface area contributed by atoms with Gasteiger partial charge in [0.05, 0.1) is 29.6 Å². The quantitative estimate of drug-likeness (QED) is 0.678. The topological polar surface area (TPSA) is 112 Å². The number of halogens is 1. The van der Waals surface area contributed by atoms with Gasteiger partial charge in [0.25, 0.3) is 0 Å². The Hall–Kier alpha value is -3.33. The second-order valence-electron chi connectivity index (χ2n) is 6.51. The van der Waals surface area contributed by atoms with Gasteiger partial charge in [-0.25, -0.2) is 14.4 Å². The lowest BCUT2D eigenvalue weighted by atomic mass is 9.95. The number of hydrogen-bond donors (Lipinski definition) is 2. The minimum atomic E-state index is -0.753. The van der Waals surface area contributed by atoms with E-state index < -0.39 is 24.0 Å². The third-order valence-electron chi connectivity index (χ3n) is 4.49. The molecule has 1 aromatic heterocycles. The fraction of sp³-hybridized carbons (Fsp3) is 0.300. The highest BCUT2D eigenvalue weighted by Gasteiger charge is 2.34. The molecule has 0 fully saturated rings. The fourth-order valence-corrected chi connectivity index (χ4v) is 3.40. The number of amides is 2. The zero-order chi connectivity index (χ0) is 21.8. The highest BCUT2D eigenvalue weighted by atomic mass is 35.5. The summed E-state index contributed by atoms with van der Waals surface area (Å²) in [6.07, 6.45) is 0. The number of carbonyl (C=O) groups is 3. The van der Waals surface area contributed by atoms with Crippen molar-refractivity contribution in [2.75, 3.05) is 13.2 Å². The van der Waals surface area contributed by atoms with E-state index in [9.17, 15) is 14.4 Å². The van der Waals surface area contributed by atoms with Gasteiger partial charge < -0.3 is 20.1 Å². The number of hydrogen-bond acceptors (Lipinski definition) is 6. The molecule has 2 N–H and O–H groups in total. The molecule has 0 bridgehead atoms. The van der Waals surface area contributed by atoms with Crippen LogP contribution < -0.4 is 10.6 Å². The van der Waals surface area contributed by atoms with Crippen molar-refractivity contribution < 1.29 is 23.9 Å². The minimum Gasteiger partial charge on any atom is -0.463 e. The number of urea groups is 1. The molecule has 10 heteroatoms. The van der Waals surface area contributed by atoms with Crippen molar-refractivity contribution >= 4 is 29.6 Å². The van der Waals surface area contributed by atoms with Gasteiger partial charge in [0.1, 0.15) is 17.3 Å².